The Morgan fingerprint density at radius 3 is 2.44 bits per heavy atom. The first-order valence-electron chi connectivity index (χ1n) is 5.45. The van der Waals surface area contributed by atoms with E-state index >= 15 is 0 Å². The third kappa shape index (κ3) is 2.82. The summed E-state index contributed by atoms with van der Waals surface area (Å²) in [5.74, 6) is -0.361. The molecule has 1 aromatic heterocycles. The van der Waals surface area contributed by atoms with Gasteiger partial charge in [-0.1, -0.05) is 18.2 Å². The second-order valence-corrected chi connectivity index (χ2v) is 3.72. The third-order valence-electron chi connectivity index (χ3n) is 2.38. The quantitative estimate of drug-likeness (QED) is 0.893. The lowest BCUT2D eigenvalue weighted by Crippen LogP contribution is -2.09. The van der Waals surface area contributed by atoms with Crippen molar-refractivity contribution in [1.82, 2.24) is 10.2 Å². The molecule has 1 aromatic carbocycles. The van der Waals surface area contributed by atoms with Crippen LogP contribution in [0.25, 0.3) is 0 Å². The van der Waals surface area contributed by atoms with Gasteiger partial charge in [0.15, 0.2) is 5.69 Å². The Morgan fingerprint density at radius 2 is 1.89 bits per heavy atom. The van der Waals surface area contributed by atoms with E-state index in [0.717, 1.165) is 5.75 Å². The molecule has 0 bridgehead atoms. The van der Waals surface area contributed by atoms with Crippen LogP contribution in [0.2, 0.25) is 0 Å². The van der Waals surface area contributed by atoms with Crippen LogP contribution in [0.15, 0.2) is 42.5 Å². The number of carboxylic acids is 1. The summed E-state index contributed by atoms with van der Waals surface area (Å²) < 4.78 is 5.65. The number of hydrogen-bond donors (Lipinski definition) is 1. The summed E-state index contributed by atoms with van der Waals surface area (Å²) in [5.41, 5.74) is 0.509. The zero-order chi connectivity index (χ0) is 13.0. The Bertz CT molecular complexity index is 526. The molecule has 0 amide bonds. The zero-order valence-corrected chi connectivity index (χ0v) is 9.78. The molecular formula is C13H12N2O3. The number of benzene rings is 1. The Kier molecular flexibility index (Phi) is 3.52. The maximum atomic E-state index is 10.6. The van der Waals surface area contributed by atoms with E-state index in [2.05, 4.69) is 10.2 Å². The molecule has 0 spiro atoms. The van der Waals surface area contributed by atoms with Gasteiger partial charge in [0, 0.05) is 0 Å². The molecule has 1 unspecified atom stereocenters. The van der Waals surface area contributed by atoms with Crippen LogP contribution in [0.3, 0.4) is 0 Å². The number of carboxylic acid groups (broad SMARTS) is 1. The number of hydrogen-bond acceptors (Lipinski definition) is 4. The molecule has 92 valence electrons. The van der Waals surface area contributed by atoms with Gasteiger partial charge in [-0.2, -0.15) is 5.10 Å². The first-order chi connectivity index (χ1) is 8.66. The van der Waals surface area contributed by atoms with Crippen LogP contribution in [0.4, 0.5) is 0 Å². The number of aromatic carboxylic acids is 1. The number of carbonyl (C=O) groups is 1. The van der Waals surface area contributed by atoms with Crippen LogP contribution in [0.5, 0.6) is 5.75 Å². The van der Waals surface area contributed by atoms with Gasteiger partial charge in [-0.3, -0.25) is 0 Å². The highest BCUT2D eigenvalue weighted by molar-refractivity contribution is 5.84. The van der Waals surface area contributed by atoms with Crippen molar-refractivity contribution in [2.75, 3.05) is 0 Å². The third-order valence-corrected chi connectivity index (χ3v) is 2.38. The molecule has 0 aliphatic carbocycles. The smallest absolute Gasteiger partial charge is 0.356 e. The SMILES string of the molecule is CC(Oc1ccccc1)c1ccc(C(=O)O)nn1. The van der Waals surface area contributed by atoms with Gasteiger partial charge in [-0.25, -0.2) is 4.79 Å². The highest BCUT2D eigenvalue weighted by Crippen LogP contribution is 2.19. The molecule has 1 N–H and O–H groups in total. The van der Waals surface area contributed by atoms with Crippen LogP contribution < -0.4 is 4.74 Å². The average Bonchev–Trinajstić information content (AvgIpc) is 2.40. The monoisotopic (exact) mass is 244 g/mol. The van der Waals surface area contributed by atoms with Crippen molar-refractivity contribution in [3.63, 3.8) is 0 Å². The topological polar surface area (TPSA) is 72.3 Å². The largest absolute Gasteiger partial charge is 0.484 e. The molecule has 5 heteroatoms. The maximum absolute atomic E-state index is 10.6. The molecule has 1 atom stereocenters. The predicted molar refractivity (Wildman–Crippen MR) is 64.5 cm³/mol. The van der Waals surface area contributed by atoms with E-state index in [1.165, 1.54) is 6.07 Å². The Hall–Kier alpha value is -2.43. The van der Waals surface area contributed by atoms with Crippen molar-refractivity contribution < 1.29 is 14.6 Å². The summed E-state index contributed by atoms with van der Waals surface area (Å²) in [5, 5.41) is 16.2. The first-order valence-corrected chi connectivity index (χ1v) is 5.45. The summed E-state index contributed by atoms with van der Waals surface area (Å²) in [6.45, 7) is 1.83. The van der Waals surface area contributed by atoms with Crippen LogP contribution in [0, 0.1) is 0 Å². The summed E-state index contributed by atoms with van der Waals surface area (Å²) in [7, 11) is 0. The molecular weight excluding hydrogens is 232 g/mol. The van der Waals surface area contributed by atoms with Gasteiger partial charge in [0.25, 0.3) is 0 Å². The van der Waals surface area contributed by atoms with E-state index in [-0.39, 0.29) is 11.8 Å². The van der Waals surface area contributed by atoms with Gasteiger partial charge in [-0.05, 0) is 31.2 Å². The second-order valence-electron chi connectivity index (χ2n) is 3.72. The number of rotatable bonds is 4. The van der Waals surface area contributed by atoms with Gasteiger partial charge in [-0.15, -0.1) is 5.10 Å². The molecule has 5 nitrogen and oxygen atoms in total. The zero-order valence-electron chi connectivity index (χ0n) is 9.78. The van der Waals surface area contributed by atoms with Crippen molar-refractivity contribution >= 4 is 5.97 Å². The van der Waals surface area contributed by atoms with E-state index < -0.39 is 5.97 Å². The van der Waals surface area contributed by atoms with E-state index in [0.29, 0.717) is 5.69 Å². The normalized spacial score (nSPS) is 11.8. The lowest BCUT2D eigenvalue weighted by atomic mass is 10.2. The van der Waals surface area contributed by atoms with Gasteiger partial charge >= 0.3 is 5.97 Å². The number of ether oxygens (including phenoxy) is 1. The van der Waals surface area contributed by atoms with E-state index in [1.54, 1.807) is 6.07 Å². The molecule has 0 aliphatic heterocycles. The fourth-order valence-corrected chi connectivity index (χ4v) is 1.44. The minimum atomic E-state index is -1.09. The first kappa shape index (κ1) is 12.0. The standard InChI is InChI=1S/C13H12N2O3/c1-9(18-10-5-3-2-4-6-10)11-7-8-12(13(16)17)15-14-11/h2-9H,1H3,(H,16,17). The van der Waals surface area contributed by atoms with Crippen molar-refractivity contribution in [1.29, 1.82) is 0 Å². The fourth-order valence-electron chi connectivity index (χ4n) is 1.44. The molecule has 0 aliphatic rings. The van der Waals surface area contributed by atoms with E-state index in [9.17, 15) is 4.79 Å². The summed E-state index contributed by atoms with van der Waals surface area (Å²) >= 11 is 0. The van der Waals surface area contributed by atoms with Crippen molar-refractivity contribution in [2.45, 2.75) is 13.0 Å². The molecule has 0 saturated carbocycles. The van der Waals surface area contributed by atoms with E-state index in [1.807, 2.05) is 37.3 Å². The lowest BCUT2D eigenvalue weighted by Gasteiger charge is -2.13. The van der Waals surface area contributed by atoms with Crippen molar-refractivity contribution in [2.24, 2.45) is 0 Å². The Morgan fingerprint density at radius 1 is 1.17 bits per heavy atom. The molecule has 1 heterocycles. The van der Waals surface area contributed by atoms with Gasteiger partial charge < -0.3 is 9.84 Å². The lowest BCUT2D eigenvalue weighted by molar-refractivity contribution is 0.0688. The Labute approximate surface area is 104 Å². The number of aromatic nitrogens is 2. The molecule has 18 heavy (non-hydrogen) atoms. The highest BCUT2D eigenvalue weighted by Gasteiger charge is 2.11. The Balaban J connectivity index is 2.09. The summed E-state index contributed by atoms with van der Waals surface area (Å²) in [4.78, 5) is 10.6. The maximum Gasteiger partial charge on any atom is 0.356 e. The average molecular weight is 244 g/mol. The number of para-hydroxylation sites is 1. The second kappa shape index (κ2) is 5.27. The van der Waals surface area contributed by atoms with Gasteiger partial charge in [0.2, 0.25) is 0 Å². The van der Waals surface area contributed by atoms with Crippen LogP contribution >= 0.6 is 0 Å². The van der Waals surface area contributed by atoms with Crippen molar-refractivity contribution in [3.05, 3.63) is 53.9 Å². The van der Waals surface area contributed by atoms with Gasteiger partial charge in [0.1, 0.15) is 17.5 Å². The minimum Gasteiger partial charge on any atom is -0.484 e. The predicted octanol–water partition coefficient (Wildman–Crippen LogP) is 2.31. The molecule has 0 fully saturated rings. The van der Waals surface area contributed by atoms with Crippen LogP contribution in [-0.2, 0) is 0 Å². The molecule has 0 radical (unpaired) electrons. The van der Waals surface area contributed by atoms with Gasteiger partial charge in [0.05, 0.1) is 0 Å². The fraction of sp³-hybridized carbons (Fsp3) is 0.154. The minimum absolute atomic E-state index is 0.0781. The highest BCUT2D eigenvalue weighted by atomic mass is 16.5. The molecule has 2 rings (SSSR count). The van der Waals surface area contributed by atoms with Crippen molar-refractivity contribution in [3.8, 4) is 5.75 Å². The molecule has 2 aromatic rings. The van der Waals surface area contributed by atoms with Crippen LogP contribution in [-0.4, -0.2) is 21.3 Å². The van der Waals surface area contributed by atoms with Crippen LogP contribution in [0.1, 0.15) is 29.2 Å². The number of nitrogens with zero attached hydrogens (tertiary/aromatic N) is 2. The summed E-state index contributed by atoms with van der Waals surface area (Å²) in [6, 6.07) is 12.4. The summed E-state index contributed by atoms with van der Waals surface area (Å²) in [6.07, 6.45) is -0.289. The van der Waals surface area contributed by atoms with E-state index in [4.69, 9.17) is 9.84 Å². The molecule has 0 saturated heterocycles.